The number of nitrogens with one attached hydrogen (secondary N) is 1. The van der Waals surface area contributed by atoms with Crippen LogP contribution in [0.25, 0.3) is 0 Å². The van der Waals surface area contributed by atoms with E-state index in [4.69, 9.17) is 10.5 Å². The van der Waals surface area contributed by atoms with E-state index in [1.807, 2.05) is 0 Å². The summed E-state index contributed by atoms with van der Waals surface area (Å²) in [6.45, 7) is 1.73. The molecule has 0 aliphatic carbocycles. The number of hydrogen-bond donors (Lipinski definition) is 2. The molecule has 0 heterocycles. The van der Waals surface area contributed by atoms with Gasteiger partial charge in [0.25, 0.3) is 0 Å². The first-order valence-corrected chi connectivity index (χ1v) is 7.71. The number of amides is 1. The summed E-state index contributed by atoms with van der Waals surface area (Å²) in [5.41, 5.74) is 6.07. The molecule has 0 fully saturated rings. The Bertz CT molecular complexity index is 569. The molecule has 0 saturated carbocycles. The Morgan fingerprint density at radius 1 is 1.47 bits per heavy atom. The van der Waals surface area contributed by atoms with E-state index in [0.29, 0.717) is 17.0 Å². The van der Waals surface area contributed by atoms with Gasteiger partial charge < -0.3 is 15.8 Å². The normalized spacial score (nSPS) is 12.8. The molecule has 7 heteroatoms. The smallest absolute Gasteiger partial charge is 0.248 e. The lowest BCUT2D eigenvalue weighted by atomic mass is 10.1. The lowest BCUT2D eigenvalue weighted by Crippen LogP contribution is -2.25. The quantitative estimate of drug-likeness (QED) is 0.799. The molecule has 1 rings (SSSR count). The highest BCUT2D eigenvalue weighted by Crippen LogP contribution is 2.26. The molecule has 3 N–H and O–H groups in total. The number of primary amides is 1. The fourth-order valence-electron chi connectivity index (χ4n) is 1.74. The lowest BCUT2D eigenvalue weighted by Gasteiger charge is -2.17. The minimum atomic E-state index is -3.08. The number of hydrogen-bond acceptors (Lipinski definition) is 5. The number of anilines is 1. The van der Waals surface area contributed by atoms with Crippen LogP contribution in [0.4, 0.5) is 5.69 Å². The highest BCUT2D eigenvalue weighted by Gasteiger charge is 2.14. The molecule has 0 aliphatic heterocycles. The van der Waals surface area contributed by atoms with E-state index in [1.165, 1.54) is 13.4 Å². The van der Waals surface area contributed by atoms with Crippen molar-refractivity contribution in [1.29, 1.82) is 0 Å². The summed E-state index contributed by atoms with van der Waals surface area (Å²) >= 11 is 0. The minimum absolute atomic E-state index is 0.0169. The van der Waals surface area contributed by atoms with Gasteiger partial charge in [-0.05, 0) is 25.1 Å². The number of benzene rings is 1. The first-order valence-electron chi connectivity index (χ1n) is 5.65. The first kappa shape index (κ1) is 15.3. The van der Waals surface area contributed by atoms with Gasteiger partial charge in [-0.2, -0.15) is 0 Å². The summed E-state index contributed by atoms with van der Waals surface area (Å²) in [6, 6.07) is 4.38. The van der Waals surface area contributed by atoms with Crippen molar-refractivity contribution in [3.63, 3.8) is 0 Å². The Labute approximate surface area is 112 Å². The fraction of sp³-hybridized carbons (Fsp3) is 0.417. The number of methoxy groups -OCH3 is 1. The molecule has 1 unspecified atom stereocenters. The molecule has 1 atom stereocenters. The zero-order valence-electron chi connectivity index (χ0n) is 11.1. The van der Waals surface area contributed by atoms with Crippen LogP contribution in [0.2, 0.25) is 0 Å². The molecule has 0 aromatic heterocycles. The van der Waals surface area contributed by atoms with Gasteiger partial charge in [0, 0.05) is 17.9 Å². The molecule has 0 spiro atoms. The number of nitrogens with two attached hydrogens (primary N) is 1. The van der Waals surface area contributed by atoms with Crippen LogP contribution in [-0.2, 0) is 9.84 Å². The first-order chi connectivity index (χ1) is 8.73. The van der Waals surface area contributed by atoms with Gasteiger partial charge in [-0.3, -0.25) is 4.79 Å². The second-order valence-electron chi connectivity index (χ2n) is 4.42. The average Bonchev–Trinajstić information content (AvgIpc) is 2.26. The summed E-state index contributed by atoms with van der Waals surface area (Å²) < 4.78 is 27.6. The van der Waals surface area contributed by atoms with E-state index < -0.39 is 15.7 Å². The molecule has 1 aromatic rings. The van der Waals surface area contributed by atoms with Gasteiger partial charge in [0.2, 0.25) is 5.91 Å². The summed E-state index contributed by atoms with van der Waals surface area (Å²) in [6.07, 6.45) is 1.17. The van der Waals surface area contributed by atoms with Gasteiger partial charge in [0.15, 0.2) is 0 Å². The third kappa shape index (κ3) is 4.78. The van der Waals surface area contributed by atoms with Crippen molar-refractivity contribution in [2.75, 3.05) is 24.4 Å². The second kappa shape index (κ2) is 5.92. The number of sulfone groups is 1. The van der Waals surface area contributed by atoms with Crippen LogP contribution in [0.15, 0.2) is 18.2 Å². The molecule has 1 aromatic carbocycles. The molecule has 0 radical (unpaired) electrons. The average molecular weight is 286 g/mol. The van der Waals surface area contributed by atoms with Gasteiger partial charge in [-0.15, -0.1) is 0 Å². The third-order valence-corrected chi connectivity index (χ3v) is 3.54. The Kier molecular flexibility index (Phi) is 4.77. The summed E-state index contributed by atoms with van der Waals surface area (Å²) in [5, 5.41) is 3.00. The standard InChI is InChI=1S/C12H18N2O4S/c1-8(7-19(3,16)17)14-10-6-9(12(13)15)4-5-11(10)18-2/h4-6,8,14H,7H2,1-3H3,(H2,13,15). The van der Waals surface area contributed by atoms with Crippen LogP contribution < -0.4 is 15.8 Å². The van der Waals surface area contributed by atoms with E-state index in [2.05, 4.69) is 5.32 Å². The topological polar surface area (TPSA) is 98.5 Å². The third-order valence-electron chi connectivity index (χ3n) is 2.44. The molecule has 0 saturated heterocycles. The van der Waals surface area contributed by atoms with Crippen molar-refractivity contribution < 1.29 is 17.9 Å². The predicted octanol–water partition coefficient (Wildman–Crippen LogP) is 0.639. The van der Waals surface area contributed by atoms with Crippen LogP contribution in [0.5, 0.6) is 5.75 Å². The lowest BCUT2D eigenvalue weighted by molar-refractivity contribution is 0.100. The molecule has 19 heavy (non-hydrogen) atoms. The number of rotatable bonds is 6. The van der Waals surface area contributed by atoms with E-state index in [9.17, 15) is 13.2 Å². The Balaban J connectivity index is 2.97. The van der Waals surface area contributed by atoms with Crippen LogP contribution >= 0.6 is 0 Å². The van der Waals surface area contributed by atoms with Crippen molar-refractivity contribution in [1.82, 2.24) is 0 Å². The molecular weight excluding hydrogens is 268 g/mol. The van der Waals surface area contributed by atoms with Crippen molar-refractivity contribution in [3.8, 4) is 5.75 Å². The molecule has 0 aliphatic rings. The Hall–Kier alpha value is -1.76. The minimum Gasteiger partial charge on any atom is -0.495 e. The van der Waals surface area contributed by atoms with Crippen molar-refractivity contribution in [2.24, 2.45) is 5.73 Å². The monoisotopic (exact) mass is 286 g/mol. The molecule has 6 nitrogen and oxygen atoms in total. The maximum Gasteiger partial charge on any atom is 0.248 e. The van der Waals surface area contributed by atoms with Gasteiger partial charge in [-0.25, -0.2) is 8.42 Å². The van der Waals surface area contributed by atoms with Gasteiger partial charge in [-0.1, -0.05) is 0 Å². The molecule has 106 valence electrons. The fourth-order valence-corrected chi connectivity index (χ4v) is 2.73. The van der Waals surface area contributed by atoms with Gasteiger partial charge in [0.1, 0.15) is 15.6 Å². The van der Waals surface area contributed by atoms with E-state index in [-0.39, 0.29) is 11.8 Å². The van der Waals surface area contributed by atoms with Gasteiger partial charge in [0.05, 0.1) is 18.6 Å². The zero-order valence-corrected chi connectivity index (χ0v) is 12.0. The SMILES string of the molecule is COc1ccc(C(N)=O)cc1NC(C)CS(C)(=O)=O. The highest BCUT2D eigenvalue weighted by atomic mass is 32.2. The highest BCUT2D eigenvalue weighted by molar-refractivity contribution is 7.90. The summed E-state index contributed by atoms with van der Waals surface area (Å²) in [4.78, 5) is 11.1. The molecule has 0 bridgehead atoms. The Morgan fingerprint density at radius 2 is 2.11 bits per heavy atom. The zero-order chi connectivity index (χ0) is 14.6. The molecule has 1 amide bonds. The van der Waals surface area contributed by atoms with Crippen LogP contribution in [-0.4, -0.2) is 39.5 Å². The number of carbonyl (C=O) groups is 1. The number of carbonyl (C=O) groups excluding carboxylic acids is 1. The predicted molar refractivity (Wildman–Crippen MR) is 74.3 cm³/mol. The van der Waals surface area contributed by atoms with Crippen LogP contribution in [0.1, 0.15) is 17.3 Å². The van der Waals surface area contributed by atoms with Gasteiger partial charge >= 0.3 is 0 Å². The maximum atomic E-state index is 11.2. The van der Waals surface area contributed by atoms with E-state index in [1.54, 1.807) is 25.1 Å². The van der Waals surface area contributed by atoms with Crippen molar-refractivity contribution >= 4 is 21.4 Å². The van der Waals surface area contributed by atoms with E-state index in [0.717, 1.165) is 0 Å². The Morgan fingerprint density at radius 3 is 2.58 bits per heavy atom. The van der Waals surface area contributed by atoms with E-state index >= 15 is 0 Å². The second-order valence-corrected chi connectivity index (χ2v) is 6.60. The van der Waals surface area contributed by atoms with Crippen LogP contribution in [0, 0.1) is 0 Å². The van der Waals surface area contributed by atoms with Crippen LogP contribution in [0.3, 0.4) is 0 Å². The summed E-state index contributed by atoms with van der Waals surface area (Å²) in [5.74, 6) is -0.0523. The largest absolute Gasteiger partial charge is 0.495 e. The number of ether oxygens (including phenoxy) is 1. The van der Waals surface area contributed by atoms with Crippen molar-refractivity contribution in [2.45, 2.75) is 13.0 Å². The van der Waals surface area contributed by atoms with Crippen molar-refractivity contribution in [3.05, 3.63) is 23.8 Å². The maximum absolute atomic E-state index is 11.2. The molecular formula is C12H18N2O4S. The summed E-state index contributed by atoms with van der Waals surface area (Å²) in [7, 11) is -1.59.